The lowest BCUT2D eigenvalue weighted by molar-refractivity contribution is 0.330. The number of methoxy groups -OCH3 is 2. The summed E-state index contributed by atoms with van der Waals surface area (Å²) in [6.07, 6.45) is 3.31. The Morgan fingerprint density at radius 3 is 2.35 bits per heavy atom. The first kappa shape index (κ1) is 15.1. The first-order chi connectivity index (χ1) is 9.57. The second kappa shape index (κ2) is 6.00. The zero-order valence-electron chi connectivity index (χ0n) is 12.5. The molecule has 0 radical (unpaired) electrons. The van der Waals surface area contributed by atoms with Gasteiger partial charge in [-0.05, 0) is 37.5 Å². The van der Waals surface area contributed by atoms with Crippen LogP contribution in [0.25, 0.3) is 0 Å². The number of alkyl halides is 1. The highest BCUT2D eigenvalue weighted by atomic mass is 19.1. The fourth-order valence-corrected chi connectivity index (χ4v) is 3.24. The van der Waals surface area contributed by atoms with Crippen LogP contribution >= 0.6 is 0 Å². The molecule has 1 aromatic rings. The van der Waals surface area contributed by atoms with Crippen molar-refractivity contribution >= 4 is 0 Å². The summed E-state index contributed by atoms with van der Waals surface area (Å²) in [6, 6.07) is 3.62. The average molecular weight is 281 g/mol. The van der Waals surface area contributed by atoms with Crippen LogP contribution in [-0.2, 0) is 5.41 Å². The molecule has 1 unspecified atom stereocenters. The quantitative estimate of drug-likeness (QED) is 0.898. The molecule has 1 saturated carbocycles. The zero-order valence-corrected chi connectivity index (χ0v) is 12.5. The van der Waals surface area contributed by atoms with Crippen molar-refractivity contribution in [2.24, 2.45) is 5.73 Å². The van der Waals surface area contributed by atoms with Crippen molar-refractivity contribution < 1.29 is 13.9 Å². The molecule has 0 saturated heterocycles. The number of nitrogens with two attached hydrogens (primary N) is 1. The summed E-state index contributed by atoms with van der Waals surface area (Å²) in [7, 11) is 3.21. The summed E-state index contributed by atoms with van der Waals surface area (Å²) >= 11 is 0. The predicted molar refractivity (Wildman–Crippen MR) is 78.3 cm³/mol. The third kappa shape index (κ3) is 2.49. The maximum absolute atomic E-state index is 13.8. The number of benzene rings is 1. The van der Waals surface area contributed by atoms with Crippen LogP contribution in [0, 0.1) is 0 Å². The summed E-state index contributed by atoms with van der Waals surface area (Å²) in [5.41, 5.74) is 7.57. The molecule has 2 N–H and O–H groups in total. The zero-order chi connectivity index (χ0) is 14.8. The second-order valence-corrected chi connectivity index (χ2v) is 5.61. The van der Waals surface area contributed by atoms with Crippen LogP contribution in [0.2, 0.25) is 0 Å². The van der Waals surface area contributed by atoms with Crippen molar-refractivity contribution in [1.29, 1.82) is 0 Å². The maximum Gasteiger partial charge on any atom is 0.164 e. The molecule has 112 valence electrons. The van der Waals surface area contributed by atoms with E-state index in [4.69, 9.17) is 15.2 Å². The smallest absolute Gasteiger partial charge is 0.164 e. The molecule has 1 atom stereocenters. The van der Waals surface area contributed by atoms with E-state index in [9.17, 15) is 4.39 Å². The van der Waals surface area contributed by atoms with Gasteiger partial charge in [-0.3, -0.25) is 0 Å². The van der Waals surface area contributed by atoms with Gasteiger partial charge in [-0.2, -0.15) is 0 Å². The normalized spacial score (nSPS) is 18.9. The minimum atomic E-state index is -1.04. The summed E-state index contributed by atoms with van der Waals surface area (Å²) in [4.78, 5) is 0. The molecule has 0 amide bonds. The van der Waals surface area contributed by atoms with Crippen LogP contribution in [0.4, 0.5) is 4.39 Å². The largest absolute Gasteiger partial charge is 0.493 e. The first-order valence-electron chi connectivity index (χ1n) is 7.18. The number of hydrogen-bond acceptors (Lipinski definition) is 3. The minimum Gasteiger partial charge on any atom is -0.493 e. The number of halogens is 1. The second-order valence-electron chi connectivity index (χ2n) is 5.61. The molecule has 0 spiro atoms. The summed E-state index contributed by atoms with van der Waals surface area (Å²) in [6.45, 7) is 2.09. The molecule has 0 aromatic heterocycles. The average Bonchev–Trinajstić information content (AvgIpc) is 2.95. The Balaban J connectivity index is 2.62. The predicted octanol–water partition coefficient (Wildman–Crippen LogP) is 3.50. The highest BCUT2D eigenvalue weighted by molar-refractivity contribution is 5.53. The van der Waals surface area contributed by atoms with Gasteiger partial charge in [0.25, 0.3) is 0 Å². The number of ether oxygens (including phenoxy) is 2. The molecule has 0 aliphatic heterocycles. The molecule has 4 heteroatoms. The van der Waals surface area contributed by atoms with Gasteiger partial charge in [-0.15, -0.1) is 0 Å². The van der Waals surface area contributed by atoms with Gasteiger partial charge in [0.1, 0.15) is 6.17 Å². The molecule has 0 bridgehead atoms. The van der Waals surface area contributed by atoms with Crippen LogP contribution < -0.4 is 15.2 Å². The van der Waals surface area contributed by atoms with E-state index in [0.29, 0.717) is 23.6 Å². The molecule has 1 aliphatic rings. The van der Waals surface area contributed by atoms with Gasteiger partial charge in [-0.1, -0.05) is 12.8 Å². The molecule has 1 fully saturated rings. The summed E-state index contributed by atoms with van der Waals surface area (Å²) in [5.74, 6) is 1.29. The maximum atomic E-state index is 13.8. The van der Waals surface area contributed by atoms with Crippen LogP contribution in [0.5, 0.6) is 11.5 Å². The SMILES string of the molecule is COc1cc(C(C)F)cc(C2(CN)CCCC2)c1OC. The molecule has 1 aliphatic carbocycles. The highest BCUT2D eigenvalue weighted by Gasteiger charge is 2.38. The van der Waals surface area contributed by atoms with Gasteiger partial charge >= 0.3 is 0 Å². The Morgan fingerprint density at radius 1 is 1.25 bits per heavy atom. The third-order valence-corrected chi connectivity index (χ3v) is 4.48. The Morgan fingerprint density at radius 2 is 1.90 bits per heavy atom. The van der Waals surface area contributed by atoms with Gasteiger partial charge in [0, 0.05) is 17.5 Å². The van der Waals surface area contributed by atoms with Crippen LogP contribution in [0.15, 0.2) is 12.1 Å². The van der Waals surface area contributed by atoms with Crippen LogP contribution in [0.3, 0.4) is 0 Å². The van der Waals surface area contributed by atoms with Crippen molar-refractivity contribution in [2.45, 2.75) is 44.2 Å². The lowest BCUT2D eigenvalue weighted by atomic mass is 9.77. The Hall–Kier alpha value is -1.29. The number of hydrogen-bond donors (Lipinski definition) is 1. The van der Waals surface area contributed by atoms with E-state index in [1.807, 2.05) is 6.07 Å². The topological polar surface area (TPSA) is 44.5 Å². The van der Waals surface area contributed by atoms with Gasteiger partial charge < -0.3 is 15.2 Å². The van der Waals surface area contributed by atoms with E-state index < -0.39 is 6.17 Å². The van der Waals surface area contributed by atoms with E-state index in [2.05, 4.69) is 0 Å². The summed E-state index contributed by atoms with van der Waals surface area (Å²) < 4.78 is 24.7. The van der Waals surface area contributed by atoms with Crippen molar-refractivity contribution in [3.63, 3.8) is 0 Å². The fraction of sp³-hybridized carbons (Fsp3) is 0.625. The van der Waals surface area contributed by atoms with Gasteiger partial charge in [0.15, 0.2) is 11.5 Å². The van der Waals surface area contributed by atoms with E-state index in [1.54, 1.807) is 20.3 Å². The standard InChI is InChI=1S/C16H24FNO2/c1-11(17)12-8-13(15(20-3)14(9-12)19-2)16(10-18)6-4-5-7-16/h8-9,11H,4-7,10,18H2,1-3H3. The van der Waals surface area contributed by atoms with Crippen molar-refractivity contribution in [1.82, 2.24) is 0 Å². The van der Waals surface area contributed by atoms with E-state index in [0.717, 1.165) is 31.2 Å². The molecular weight excluding hydrogens is 257 g/mol. The van der Waals surface area contributed by atoms with Gasteiger partial charge in [-0.25, -0.2) is 4.39 Å². The molecular formula is C16H24FNO2. The van der Waals surface area contributed by atoms with Crippen molar-refractivity contribution in [3.05, 3.63) is 23.3 Å². The van der Waals surface area contributed by atoms with Crippen LogP contribution in [-0.4, -0.2) is 20.8 Å². The highest BCUT2D eigenvalue weighted by Crippen LogP contribution is 2.48. The molecule has 0 heterocycles. The van der Waals surface area contributed by atoms with E-state index >= 15 is 0 Å². The van der Waals surface area contributed by atoms with E-state index in [-0.39, 0.29) is 5.41 Å². The Labute approximate surface area is 120 Å². The monoisotopic (exact) mass is 281 g/mol. The molecule has 1 aromatic carbocycles. The van der Waals surface area contributed by atoms with Gasteiger partial charge in [0.2, 0.25) is 0 Å². The summed E-state index contributed by atoms with van der Waals surface area (Å²) in [5, 5.41) is 0. The molecule has 3 nitrogen and oxygen atoms in total. The minimum absolute atomic E-state index is 0.108. The Bertz CT molecular complexity index is 468. The third-order valence-electron chi connectivity index (χ3n) is 4.48. The van der Waals surface area contributed by atoms with E-state index in [1.165, 1.54) is 6.92 Å². The molecule has 20 heavy (non-hydrogen) atoms. The lowest BCUT2D eigenvalue weighted by Gasteiger charge is -2.31. The lowest BCUT2D eigenvalue weighted by Crippen LogP contribution is -2.32. The number of rotatable bonds is 5. The van der Waals surface area contributed by atoms with Gasteiger partial charge in [0.05, 0.1) is 14.2 Å². The molecule has 2 rings (SSSR count). The van der Waals surface area contributed by atoms with Crippen molar-refractivity contribution in [3.8, 4) is 11.5 Å². The first-order valence-corrected chi connectivity index (χ1v) is 7.18. The Kier molecular flexibility index (Phi) is 4.53. The fourth-order valence-electron chi connectivity index (χ4n) is 3.24. The van der Waals surface area contributed by atoms with Crippen molar-refractivity contribution in [2.75, 3.05) is 20.8 Å². The van der Waals surface area contributed by atoms with Crippen LogP contribution in [0.1, 0.15) is 49.9 Å².